The van der Waals surface area contributed by atoms with Crippen molar-refractivity contribution in [1.29, 1.82) is 0 Å². The zero-order valence-corrected chi connectivity index (χ0v) is 16.7. The molecule has 2 aliphatic rings. The van der Waals surface area contributed by atoms with Crippen molar-refractivity contribution < 1.29 is 9.53 Å². The van der Waals surface area contributed by atoms with E-state index in [2.05, 4.69) is 59.5 Å². The van der Waals surface area contributed by atoms with E-state index in [1.54, 1.807) is 0 Å². The van der Waals surface area contributed by atoms with Crippen LogP contribution in [0.1, 0.15) is 42.0 Å². The predicted molar refractivity (Wildman–Crippen MR) is 113 cm³/mol. The molecule has 4 rings (SSSR count). The van der Waals surface area contributed by atoms with Crippen molar-refractivity contribution in [3.63, 3.8) is 0 Å². The number of hydrogen-bond donors (Lipinski definition) is 0. The van der Waals surface area contributed by atoms with Gasteiger partial charge in [-0.15, -0.1) is 0 Å². The number of aryl methyl sites for hydroxylation is 2. The number of hydrogen-bond acceptors (Lipinski definition) is 3. The van der Waals surface area contributed by atoms with Gasteiger partial charge in [0.25, 0.3) is 0 Å². The first-order valence-corrected chi connectivity index (χ1v) is 10.5. The Balaban J connectivity index is 1.53. The second-order valence-corrected chi connectivity index (χ2v) is 7.76. The maximum Gasteiger partial charge on any atom is 0.309 e. The molecule has 0 saturated carbocycles. The van der Waals surface area contributed by atoms with Crippen LogP contribution >= 0.6 is 0 Å². The Labute approximate surface area is 168 Å². The summed E-state index contributed by atoms with van der Waals surface area (Å²) in [4.78, 5) is 14.4. The molecule has 3 nitrogen and oxygen atoms in total. The Morgan fingerprint density at radius 1 is 1.00 bits per heavy atom. The first-order valence-electron chi connectivity index (χ1n) is 10.5. The highest BCUT2D eigenvalue weighted by Crippen LogP contribution is 2.33. The van der Waals surface area contributed by atoms with Gasteiger partial charge in [-0.3, -0.25) is 9.69 Å². The molecule has 0 radical (unpaired) electrons. The Kier molecular flexibility index (Phi) is 5.92. The maximum absolute atomic E-state index is 12.0. The molecule has 1 saturated heterocycles. The third-order valence-corrected chi connectivity index (χ3v) is 6.04. The largest absolute Gasteiger partial charge is 0.466 e. The van der Waals surface area contributed by atoms with E-state index in [1.807, 2.05) is 6.92 Å². The molecule has 0 atom stereocenters. The summed E-state index contributed by atoms with van der Waals surface area (Å²) in [6.45, 7) is 5.19. The summed E-state index contributed by atoms with van der Waals surface area (Å²) in [5.74, 6) is 0.0512. The minimum atomic E-state index is -0.0212. The number of ether oxygens (including phenoxy) is 1. The van der Waals surface area contributed by atoms with Crippen molar-refractivity contribution in [3.05, 3.63) is 76.9 Å². The minimum Gasteiger partial charge on any atom is -0.466 e. The lowest BCUT2D eigenvalue weighted by Crippen LogP contribution is -2.37. The van der Waals surface area contributed by atoms with Gasteiger partial charge in [-0.05, 0) is 73.5 Å². The average molecular weight is 376 g/mol. The minimum absolute atomic E-state index is 0.0212. The summed E-state index contributed by atoms with van der Waals surface area (Å²) in [5, 5.41) is 0. The Morgan fingerprint density at radius 2 is 1.57 bits per heavy atom. The lowest BCUT2D eigenvalue weighted by Gasteiger charge is -2.30. The highest BCUT2D eigenvalue weighted by Gasteiger charge is 2.26. The highest BCUT2D eigenvalue weighted by molar-refractivity contribution is 5.84. The van der Waals surface area contributed by atoms with Gasteiger partial charge in [-0.1, -0.05) is 54.6 Å². The molecule has 2 aromatic carbocycles. The summed E-state index contributed by atoms with van der Waals surface area (Å²) in [6.07, 6.45) is 6.38. The van der Waals surface area contributed by atoms with Gasteiger partial charge in [0.15, 0.2) is 0 Å². The average Bonchev–Trinajstić information content (AvgIpc) is 2.90. The first kappa shape index (κ1) is 18.9. The summed E-state index contributed by atoms with van der Waals surface area (Å²) < 4.78 is 5.19. The molecule has 2 aromatic rings. The molecule has 0 aromatic heterocycles. The van der Waals surface area contributed by atoms with Crippen LogP contribution in [0.4, 0.5) is 0 Å². The molecule has 0 N–H and O–H groups in total. The molecule has 3 heteroatoms. The van der Waals surface area contributed by atoms with Gasteiger partial charge in [0.1, 0.15) is 0 Å². The summed E-state index contributed by atoms with van der Waals surface area (Å²) >= 11 is 0. The summed E-state index contributed by atoms with van der Waals surface area (Å²) in [5.41, 5.74) is 6.97. The molecule has 0 spiro atoms. The fourth-order valence-electron chi connectivity index (χ4n) is 4.47. The first-order chi connectivity index (χ1) is 13.8. The van der Waals surface area contributed by atoms with Crippen molar-refractivity contribution >= 4 is 11.5 Å². The van der Waals surface area contributed by atoms with E-state index in [0.717, 1.165) is 45.3 Å². The standard InChI is InChI=1S/C25H29NO2/c1-2-28-25(27)21-13-16-26(17-14-21)18-15-24-22-9-5-3-7-19(22)11-12-20-8-4-6-10-23(20)24/h3-10,15,21H,2,11-14,16-18H2,1H3. The summed E-state index contributed by atoms with van der Waals surface area (Å²) in [7, 11) is 0. The monoisotopic (exact) mass is 375 g/mol. The number of piperidine rings is 1. The number of benzene rings is 2. The highest BCUT2D eigenvalue weighted by atomic mass is 16.5. The van der Waals surface area contributed by atoms with Gasteiger partial charge in [-0.25, -0.2) is 0 Å². The van der Waals surface area contributed by atoms with Crippen molar-refractivity contribution in [2.45, 2.75) is 32.6 Å². The van der Waals surface area contributed by atoms with E-state index >= 15 is 0 Å². The van der Waals surface area contributed by atoms with Gasteiger partial charge in [-0.2, -0.15) is 0 Å². The third-order valence-electron chi connectivity index (χ3n) is 6.04. The van der Waals surface area contributed by atoms with Gasteiger partial charge in [0.05, 0.1) is 12.5 Å². The van der Waals surface area contributed by atoms with Crippen molar-refractivity contribution in [1.82, 2.24) is 4.90 Å². The van der Waals surface area contributed by atoms with Crippen LogP contribution in [0.2, 0.25) is 0 Å². The molecular weight excluding hydrogens is 346 g/mol. The van der Waals surface area contributed by atoms with Gasteiger partial charge in [0.2, 0.25) is 0 Å². The molecule has 1 fully saturated rings. The van der Waals surface area contributed by atoms with Crippen molar-refractivity contribution in [2.24, 2.45) is 5.92 Å². The van der Waals surface area contributed by atoms with E-state index in [-0.39, 0.29) is 11.9 Å². The van der Waals surface area contributed by atoms with Crippen molar-refractivity contribution in [3.8, 4) is 0 Å². The zero-order valence-electron chi connectivity index (χ0n) is 16.7. The fraction of sp³-hybridized carbons (Fsp3) is 0.400. The fourth-order valence-corrected chi connectivity index (χ4v) is 4.47. The lowest BCUT2D eigenvalue weighted by atomic mass is 9.93. The molecule has 0 bridgehead atoms. The van der Waals surface area contributed by atoms with Gasteiger partial charge < -0.3 is 4.74 Å². The number of nitrogens with zero attached hydrogens (tertiary/aromatic N) is 1. The maximum atomic E-state index is 12.0. The Hall–Kier alpha value is -2.39. The molecular formula is C25H29NO2. The number of likely N-dealkylation sites (tertiary alicyclic amines) is 1. The second kappa shape index (κ2) is 8.74. The lowest BCUT2D eigenvalue weighted by molar-refractivity contribution is -0.149. The van der Waals surface area contributed by atoms with Crippen LogP contribution in [0, 0.1) is 5.92 Å². The van der Waals surface area contributed by atoms with E-state index in [4.69, 9.17) is 4.74 Å². The second-order valence-electron chi connectivity index (χ2n) is 7.76. The normalized spacial score (nSPS) is 17.4. The number of carbonyl (C=O) groups is 1. The molecule has 1 heterocycles. The Bertz CT molecular complexity index is 813. The zero-order chi connectivity index (χ0) is 19.3. The number of rotatable bonds is 4. The number of fused-ring (bicyclic) bond motifs is 2. The predicted octanol–water partition coefficient (Wildman–Crippen LogP) is 4.49. The number of carbonyl (C=O) groups excluding carboxylic acids is 1. The van der Waals surface area contributed by atoms with Crippen LogP contribution in [0.15, 0.2) is 54.6 Å². The molecule has 1 aliphatic heterocycles. The van der Waals surface area contributed by atoms with Crippen LogP contribution in [0.3, 0.4) is 0 Å². The van der Waals surface area contributed by atoms with Gasteiger partial charge >= 0.3 is 5.97 Å². The van der Waals surface area contributed by atoms with Crippen LogP contribution in [-0.4, -0.2) is 37.1 Å². The van der Waals surface area contributed by atoms with Crippen molar-refractivity contribution in [2.75, 3.05) is 26.2 Å². The molecule has 0 unspecified atom stereocenters. The smallest absolute Gasteiger partial charge is 0.309 e. The van der Waals surface area contributed by atoms with E-state index < -0.39 is 0 Å². The van der Waals surface area contributed by atoms with Crippen LogP contribution in [0.25, 0.3) is 5.57 Å². The van der Waals surface area contributed by atoms with Crippen LogP contribution < -0.4 is 0 Å². The molecule has 146 valence electrons. The van der Waals surface area contributed by atoms with E-state index in [9.17, 15) is 4.79 Å². The number of esters is 1. The molecule has 0 amide bonds. The topological polar surface area (TPSA) is 29.5 Å². The van der Waals surface area contributed by atoms with E-state index in [0.29, 0.717) is 6.61 Å². The summed E-state index contributed by atoms with van der Waals surface area (Å²) in [6, 6.07) is 17.6. The van der Waals surface area contributed by atoms with Crippen LogP contribution in [0.5, 0.6) is 0 Å². The Morgan fingerprint density at radius 3 is 2.14 bits per heavy atom. The SMILES string of the molecule is CCOC(=O)C1CCN(CC=C2c3ccccc3CCc3ccccc32)CC1. The van der Waals surface area contributed by atoms with Crippen LogP contribution in [-0.2, 0) is 22.4 Å². The third kappa shape index (κ3) is 4.05. The molecule has 1 aliphatic carbocycles. The molecule has 28 heavy (non-hydrogen) atoms. The van der Waals surface area contributed by atoms with E-state index in [1.165, 1.54) is 27.8 Å². The van der Waals surface area contributed by atoms with Gasteiger partial charge in [0, 0.05) is 6.54 Å². The quantitative estimate of drug-likeness (QED) is 0.738.